The molecule has 4 nitrogen and oxygen atoms in total. The van der Waals surface area contributed by atoms with Crippen LogP contribution in [0.3, 0.4) is 0 Å². The number of hydrogen-bond donors (Lipinski definition) is 0. The maximum Gasteiger partial charge on any atom is 0.179 e. The number of hydrogen-bond acceptors (Lipinski definition) is 3. The molecule has 1 aliphatic rings. The fourth-order valence-electron chi connectivity index (χ4n) is 2.12. The molecule has 3 rings (SSSR count). The Labute approximate surface area is 111 Å². The number of imidazole rings is 1. The van der Waals surface area contributed by atoms with Crippen LogP contribution >= 0.6 is 11.6 Å². The first-order valence-corrected chi connectivity index (χ1v) is 8.19. The molecule has 6 heteroatoms. The van der Waals surface area contributed by atoms with Crippen molar-refractivity contribution in [2.75, 3.05) is 6.26 Å². The van der Waals surface area contributed by atoms with E-state index in [0.717, 1.165) is 18.4 Å². The third-order valence-electron chi connectivity index (χ3n) is 3.17. The molecule has 2 aromatic heterocycles. The summed E-state index contributed by atoms with van der Waals surface area (Å²) >= 11 is 5.75. The van der Waals surface area contributed by atoms with Gasteiger partial charge in [-0.3, -0.25) is 0 Å². The highest BCUT2D eigenvalue weighted by atomic mass is 35.5. The van der Waals surface area contributed by atoms with Gasteiger partial charge in [-0.15, -0.1) is 11.6 Å². The molecular formula is C12H13ClN2O2S. The molecule has 0 radical (unpaired) electrons. The number of pyridine rings is 1. The van der Waals surface area contributed by atoms with Gasteiger partial charge in [0.15, 0.2) is 15.5 Å². The number of sulfone groups is 1. The van der Waals surface area contributed by atoms with Crippen LogP contribution in [-0.2, 0) is 15.7 Å². The van der Waals surface area contributed by atoms with Crippen LogP contribution in [-0.4, -0.2) is 24.1 Å². The average Bonchev–Trinajstić information content (AvgIpc) is 3.06. The third kappa shape index (κ3) is 2.01. The van der Waals surface area contributed by atoms with Gasteiger partial charge < -0.3 is 4.40 Å². The molecule has 2 heterocycles. The Morgan fingerprint density at radius 1 is 1.44 bits per heavy atom. The number of nitrogens with zero attached hydrogens (tertiary/aromatic N) is 2. The van der Waals surface area contributed by atoms with Crippen LogP contribution in [0, 0.1) is 0 Å². The molecule has 0 saturated heterocycles. The minimum absolute atomic E-state index is 0.281. The van der Waals surface area contributed by atoms with Gasteiger partial charge in [-0.1, -0.05) is 0 Å². The van der Waals surface area contributed by atoms with E-state index in [2.05, 4.69) is 4.98 Å². The zero-order valence-corrected chi connectivity index (χ0v) is 11.5. The quantitative estimate of drug-likeness (QED) is 0.813. The lowest BCUT2D eigenvalue weighted by molar-refractivity contribution is 0.602. The van der Waals surface area contributed by atoms with Crippen molar-refractivity contribution in [3.05, 3.63) is 29.7 Å². The largest absolute Gasteiger partial charge is 0.305 e. The van der Waals surface area contributed by atoms with Crippen LogP contribution in [0.4, 0.5) is 0 Å². The van der Waals surface area contributed by atoms with Crippen molar-refractivity contribution >= 4 is 27.1 Å². The highest BCUT2D eigenvalue weighted by molar-refractivity contribution is 7.91. The molecule has 0 amide bonds. The lowest BCUT2D eigenvalue weighted by Crippen LogP contribution is -2.02. The second kappa shape index (κ2) is 3.96. The summed E-state index contributed by atoms with van der Waals surface area (Å²) in [5, 5.41) is 0. The Morgan fingerprint density at radius 3 is 2.72 bits per heavy atom. The lowest BCUT2D eigenvalue weighted by Gasteiger charge is -2.05. The molecule has 96 valence electrons. The van der Waals surface area contributed by atoms with E-state index in [1.807, 2.05) is 6.20 Å². The second-order valence-corrected chi connectivity index (χ2v) is 7.03. The van der Waals surface area contributed by atoms with Crippen LogP contribution < -0.4 is 0 Å². The van der Waals surface area contributed by atoms with E-state index < -0.39 is 9.84 Å². The fourth-order valence-corrected chi connectivity index (χ4v) is 3.08. The van der Waals surface area contributed by atoms with E-state index in [1.54, 1.807) is 16.7 Å². The predicted molar refractivity (Wildman–Crippen MR) is 69.8 cm³/mol. The predicted octanol–water partition coefficient (Wildman–Crippen LogP) is 2.35. The molecular weight excluding hydrogens is 272 g/mol. The number of halogens is 1. The van der Waals surface area contributed by atoms with Crippen molar-refractivity contribution in [3.8, 4) is 0 Å². The van der Waals surface area contributed by atoms with Crippen molar-refractivity contribution in [1.82, 2.24) is 9.38 Å². The number of aromatic nitrogens is 2. The van der Waals surface area contributed by atoms with Crippen LogP contribution in [0.25, 0.3) is 5.65 Å². The molecule has 0 atom stereocenters. The summed E-state index contributed by atoms with van der Waals surface area (Å²) in [5.41, 5.74) is 2.23. The van der Waals surface area contributed by atoms with Crippen molar-refractivity contribution in [1.29, 1.82) is 0 Å². The van der Waals surface area contributed by atoms with Crippen molar-refractivity contribution in [2.24, 2.45) is 0 Å². The molecule has 0 unspecified atom stereocenters. The lowest BCUT2D eigenvalue weighted by atomic mass is 10.2. The molecule has 0 aromatic carbocycles. The maximum atomic E-state index is 11.9. The average molecular weight is 285 g/mol. The first kappa shape index (κ1) is 12.0. The first-order valence-electron chi connectivity index (χ1n) is 5.76. The van der Waals surface area contributed by atoms with Gasteiger partial charge in [0.1, 0.15) is 4.90 Å². The van der Waals surface area contributed by atoms with Crippen molar-refractivity contribution in [2.45, 2.75) is 29.5 Å². The summed E-state index contributed by atoms with van der Waals surface area (Å²) in [6.45, 7) is 0. The molecule has 2 aromatic rings. The summed E-state index contributed by atoms with van der Waals surface area (Å²) in [6.07, 6.45) is 7.24. The molecule has 0 aliphatic heterocycles. The Hall–Kier alpha value is -1.07. The SMILES string of the molecule is CS(=O)(=O)c1cc(C2CC2)cn2cc(CCl)nc12. The van der Waals surface area contributed by atoms with E-state index in [1.165, 1.54) is 6.26 Å². The summed E-state index contributed by atoms with van der Waals surface area (Å²) < 4.78 is 25.5. The number of alkyl halides is 1. The standard InChI is InChI=1S/C12H13ClN2O2S/c1-18(16,17)11-4-9(8-2-3-8)6-15-7-10(5-13)14-12(11)15/h4,6-8H,2-3,5H2,1H3. The van der Waals surface area contributed by atoms with Gasteiger partial charge in [0, 0.05) is 18.6 Å². The van der Waals surface area contributed by atoms with Gasteiger partial charge in [0.2, 0.25) is 0 Å². The summed E-state index contributed by atoms with van der Waals surface area (Å²) in [4.78, 5) is 4.57. The minimum atomic E-state index is -3.28. The molecule has 18 heavy (non-hydrogen) atoms. The number of rotatable bonds is 3. The molecule has 0 N–H and O–H groups in total. The van der Waals surface area contributed by atoms with E-state index in [0.29, 0.717) is 22.2 Å². The zero-order valence-electron chi connectivity index (χ0n) is 9.93. The van der Waals surface area contributed by atoms with Crippen LogP contribution in [0.15, 0.2) is 23.4 Å². The van der Waals surface area contributed by atoms with Crippen molar-refractivity contribution in [3.63, 3.8) is 0 Å². The molecule has 1 fully saturated rings. The molecule has 0 bridgehead atoms. The highest BCUT2D eigenvalue weighted by Crippen LogP contribution is 2.41. The monoisotopic (exact) mass is 284 g/mol. The smallest absolute Gasteiger partial charge is 0.179 e. The van der Waals surface area contributed by atoms with E-state index in [9.17, 15) is 8.42 Å². The molecule has 1 saturated carbocycles. The third-order valence-corrected chi connectivity index (χ3v) is 4.55. The Balaban J connectivity index is 2.32. The summed E-state index contributed by atoms with van der Waals surface area (Å²) in [6, 6.07) is 1.76. The topological polar surface area (TPSA) is 51.4 Å². The zero-order chi connectivity index (χ0) is 12.9. The Bertz CT molecular complexity index is 717. The highest BCUT2D eigenvalue weighted by Gasteiger charge is 2.26. The van der Waals surface area contributed by atoms with Crippen molar-refractivity contribution < 1.29 is 8.42 Å². The normalized spacial score (nSPS) is 16.3. The van der Waals surface area contributed by atoms with Crippen LogP contribution in [0.5, 0.6) is 0 Å². The first-order chi connectivity index (χ1) is 8.49. The van der Waals surface area contributed by atoms with E-state index >= 15 is 0 Å². The number of fused-ring (bicyclic) bond motifs is 1. The van der Waals surface area contributed by atoms with Gasteiger partial charge in [0.05, 0.1) is 11.6 Å². The molecule has 0 spiro atoms. The van der Waals surface area contributed by atoms with E-state index in [-0.39, 0.29) is 5.88 Å². The molecule has 1 aliphatic carbocycles. The van der Waals surface area contributed by atoms with Gasteiger partial charge in [-0.05, 0) is 30.4 Å². The van der Waals surface area contributed by atoms with Gasteiger partial charge >= 0.3 is 0 Å². The van der Waals surface area contributed by atoms with Gasteiger partial charge in [0.25, 0.3) is 0 Å². The van der Waals surface area contributed by atoms with Crippen LogP contribution in [0.2, 0.25) is 0 Å². The van der Waals surface area contributed by atoms with Gasteiger partial charge in [-0.25, -0.2) is 13.4 Å². The maximum absolute atomic E-state index is 11.9. The fraction of sp³-hybridized carbons (Fsp3) is 0.417. The minimum Gasteiger partial charge on any atom is -0.305 e. The van der Waals surface area contributed by atoms with Crippen LogP contribution in [0.1, 0.15) is 30.0 Å². The van der Waals surface area contributed by atoms with Gasteiger partial charge in [-0.2, -0.15) is 0 Å². The Morgan fingerprint density at radius 2 is 2.17 bits per heavy atom. The Kier molecular flexibility index (Phi) is 2.64. The van der Waals surface area contributed by atoms with E-state index in [4.69, 9.17) is 11.6 Å². The second-order valence-electron chi connectivity index (χ2n) is 4.78. The summed E-state index contributed by atoms with van der Waals surface area (Å²) in [7, 11) is -3.28. The summed E-state index contributed by atoms with van der Waals surface area (Å²) in [5.74, 6) is 0.778.